The molecule has 2 aliphatic rings. The number of amides is 1. The van der Waals surface area contributed by atoms with Gasteiger partial charge in [0.1, 0.15) is 11.5 Å². The summed E-state index contributed by atoms with van der Waals surface area (Å²) in [6, 6.07) is 2.06. The van der Waals surface area contributed by atoms with Gasteiger partial charge in [-0.1, -0.05) is 5.16 Å². The molecule has 2 aromatic heterocycles. The van der Waals surface area contributed by atoms with Crippen molar-refractivity contribution in [2.24, 2.45) is 0 Å². The quantitative estimate of drug-likeness (QED) is 0.687. The molecule has 1 spiro atoms. The molecule has 4 rings (SSSR count). The van der Waals surface area contributed by atoms with E-state index in [1.54, 1.807) is 6.20 Å². The molecular formula is C20H24F3N5O5. The number of aliphatic carboxylic acids is 1. The molecule has 13 heteroatoms. The van der Waals surface area contributed by atoms with Gasteiger partial charge in [0.25, 0.3) is 5.91 Å². The van der Waals surface area contributed by atoms with Gasteiger partial charge in [-0.15, -0.1) is 0 Å². The fraction of sp³-hybridized carbons (Fsp3) is 0.550. The smallest absolute Gasteiger partial charge is 0.475 e. The molecule has 2 aliphatic heterocycles. The molecule has 2 N–H and O–H groups in total. The SMILES string of the molecule is Cc1cc(CN2CC[C@@]3(C[C@H](NC(=O)c4cnccn4)CCO3)C2)no1.O=C(O)C(F)(F)F. The number of carbonyl (C=O) groups is 2. The van der Waals surface area contributed by atoms with E-state index < -0.39 is 12.1 Å². The van der Waals surface area contributed by atoms with Crippen LogP contribution in [-0.4, -0.2) is 74.5 Å². The van der Waals surface area contributed by atoms with E-state index in [1.807, 2.05) is 13.0 Å². The average Bonchev–Trinajstić information content (AvgIpc) is 3.34. The van der Waals surface area contributed by atoms with Crippen LogP contribution in [0.1, 0.15) is 41.2 Å². The number of hydrogen-bond acceptors (Lipinski definition) is 8. The van der Waals surface area contributed by atoms with E-state index in [0.717, 1.165) is 50.4 Å². The van der Waals surface area contributed by atoms with E-state index >= 15 is 0 Å². The number of carboxylic acids is 1. The number of nitrogens with zero attached hydrogens (tertiary/aromatic N) is 4. The molecule has 2 aromatic rings. The molecule has 4 heterocycles. The lowest BCUT2D eigenvalue weighted by Crippen LogP contribution is -2.50. The highest BCUT2D eigenvalue weighted by Gasteiger charge is 2.43. The molecule has 0 bridgehead atoms. The van der Waals surface area contributed by atoms with Crippen LogP contribution in [0.4, 0.5) is 13.2 Å². The van der Waals surface area contributed by atoms with Gasteiger partial charge in [-0.25, -0.2) is 9.78 Å². The first-order valence-electron chi connectivity index (χ1n) is 10.2. The number of carboxylic acid groups (broad SMARTS) is 1. The summed E-state index contributed by atoms with van der Waals surface area (Å²) in [4.78, 5) is 31.6. The Morgan fingerprint density at radius 2 is 2.12 bits per heavy atom. The molecule has 2 fully saturated rings. The van der Waals surface area contributed by atoms with Crippen molar-refractivity contribution in [3.05, 3.63) is 41.8 Å². The van der Waals surface area contributed by atoms with Gasteiger partial charge in [-0.05, 0) is 26.2 Å². The van der Waals surface area contributed by atoms with Crippen LogP contribution in [-0.2, 0) is 16.1 Å². The number of rotatable bonds is 4. The second-order valence-electron chi connectivity index (χ2n) is 7.98. The standard InChI is InChI=1S/C18H23N5O3.C2HF3O2/c1-13-8-15(22-26-13)11-23-6-3-18(12-23)9-14(2-7-25-18)21-17(24)16-10-19-4-5-20-16;3-2(4,5)1(6)7/h4-5,8,10,14H,2-3,6-7,9,11-12H2,1H3,(H,21,24);(H,6,7)/t14-,18-;/m1./s1. The normalized spacial score (nSPS) is 23.1. The second-order valence-corrected chi connectivity index (χ2v) is 7.98. The maximum atomic E-state index is 12.3. The zero-order valence-corrected chi connectivity index (χ0v) is 17.8. The predicted octanol–water partition coefficient (Wildman–Crippen LogP) is 1.96. The number of alkyl halides is 3. The Morgan fingerprint density at radius 1 is 1.36 bits per heavy atom. The van der Waals surface area contributed by atoms with Crippen molar-refractivity contribution in [3.63, 3.8) is 0 Å². The minimum atomic E-state index is -5.08. The highest BCUT2D eigenvalue weighted by molar-refractivity contribution is 5.92. The number of carbonyl (C=O) groups excluding carboxylic acids is 1. The van der Waals surface area contributed by atoms with Gasteiger partial charge in [-0.2, -0.15) is 13.2 Å². The van der Waals surface area contributed by atoms with Gasteiger partial charge < -0.3 is 19.7 Å². The van der Waals surface area contributed by atoms with Gasteiger partial charge in [0, 0.05) is 50.7 Å². The summed E-state index contributed by atoms with van der Waals surface area (Å²) in [6.07, 6.45) is 2.08. The molecule has 0 saturated carbocycles. The maximum Gasteiger partial charge on any atom is 0.490 e. The summed E-state index contributed by atoms with van der Waals surface area (Å²) in [6.45, 7) is 5.12. The zero-order chi connectivity index (χ0) is 24.1. The Morgan fingerprint density at radius 3 is 2.73 bits per heavy atom. The van der Waals surface area contributed by atoms with E-state index in [4.69, 9.17) is 19.2 Å². The van der Waals surface area contributed by atoms with Crippen molar-refractivity contribution >= 4 is 11.9 Å². The van der Waals surface area contributed by atoms with Gasteiger partial charge in [-0.3, -0.25) is 14.7 Å². The molecule has 0 aromatic carbocycles. The van der Waals surface area contributed by atoms with Crippen molar-refractivity contribution in [1.82, 2.24) is 25.3 Å². The number of likely N-dealkylation sites (tertiary alicyclic amines) is 1. The van der Waals surface area contributed by atoms with Crippen LogP contribution in [0.25, 0.3) is 0 Å². The van der Waals surface area contributed by atoms with Crippen molar-refractivity contribution in [1.29, 1.82) is 0 Å². The fourth-order valence-corrected chi connectivity index (χ4v) is 3.90. The molecule has 0 radical (unpaired) electrons. The Balaban J connectivity index is 0.000000383. The van der Waals surface area contributed by atoms with E-state index in [0.29, 0.717) is 12.3 Å². The second kappa shape index (κ2) is 10.3. The van der Waals surface area contributed by atoms with Gasteiger partial charge >= 0.3 is 12.1 Å². The Hall–Kier alpha value is -3.06. The topological polar surface area (TPSA) is 131 Å². The number of ether oxygens (including phenoxy) is 1. The molecule has 180 valence electrons. The summed E-state index contributed by atoms with van der Waals surface area (Å²) in [5, 5.41) is 14.3. The molecule has 0 unspecified atom stereocenters. The van der Waals surface area contributed by atoms with Crippen molar-refractivity contribution in [3.8, 4) is 0 Å². The molecule has 10 nitrogen and oxygen atoms in total. The van der Waals surface area contributed by atoms with Crippen LogP contribution in [0.5, 0.6) is 0 Å². The largest absolute Gasteiger partial charge is 0.490 e. The Kier molecular flexibility index (Phi) is 7.64. The number of hydrogen-bond donors (Lipinski definition) is 2. The van der Waals surface area contributed by atoms with Crippen LogP contribution in [0.2, 0.25) is 0 Å². The van der Waals surface area contributed by atoms with Crippen molar-refractivity contribution < 1.29 is 37.1 Å². The minimum Gasteiger partial charge on any atom is -0.475 e. The fourth-order valence-electron chi connectivity index (χ4n) is 3.90. The zero-order valence-electron chi connectivity index (χ0n) is 17.8. The van der Waals surface area contributed by atoms with E-state index in [9.17, 15) is 18.0 Å². The first-order valence-corrected chi connectivity index (χ1v) is 10.2. The summed E-state index contributed by atoms with van der Waals surface area (Å²) in [5.74, 6) is -2.10. The van der Waals surface area contributed by atoms with E-state index in [1.165, 1.54) is 12.4 Å². The average molecular weight is 471 g/mol. The number of aryl methyl sites for hydroxylation is 1. The van der Waals surface area contributed by atoms with Gasteiger partial charge in [0.2, 0.25) is 0 Å². The van der Waals surface area contributed by atoms with Crippen molar-refractivity contribution in [2.75, 3.05) is 19.7 Å². The van der Waals surface area contributed by atoms with Crippen LogP contribution in [0.3, 0.4) is 0 Å². The highest BCUT2D eigenvalue weighted by Crippen LogP contribution is 2.35. The lowest BCUT2D eigenvalue weighted by Gasteiger charge is -2.38. The van der Waals surface area contributed by atoms with E-state index in [2.05, 4.69) is 25.3 Å². The minimum absolute atomic E-state index is 0.0903. The van der Waals surface area contributed by atoms with Crippen LogP contribution >= 0.6 is 0 Å². The van der Waals surface area contributed by atoms with E-state index in [-0.39, 0.29) is 17.6 Å². The summed E-state index contributed by atoms with van der Waals surface area (Å²) >= 11 is 0. The monoisotopic (exact) mass is 471 g/mol. The number of nitrogens with one attached hydrogen (secondary N) is 1. The molecule has 0 aliphatic carbocycles. The molecule has 1 amide bonds. The van der Waals surface area contributed by atoms with Crippen LogP contribution in [0, 0.1) is 6.92 Å². The summed E-state index contributed by atoms with van der Waals surface area (Å²) in [7, 11) is 0. The van der Waals surface area contributed by atoms with Gasteiger partial charge in [0.15, 0.2) is 0 Å². The predicted molar refractivity (Wildman–Crippen MR) is 106 cm³/mol. The first kappa shape index (κ1) is 24.6. The Labute approximate surface area is 187 Å². The third kappa shape index (κ3) is 6.96. The molecular weight excluding hydrogens is 447 g/mol. The number of aromatic nitrogens is 3. The first-order chi connectivity index (χ1) is 15.6. The van der Waals surface area contributed by atoms with Crippen LogP contribution < -0.4 is 5.32 Å². The Bertz CT molecular complexity index is 955. The summed E-state index contributed by atoms with van der Waals surface area (Å²) < 4.78 is 43.0. The summed E-state index contributed by atoms with van der Waals surface area (Å²) in [5.41, 5.74) is 1.10. The van der Waals surface area contributed by atoms with Crippen molar-refractivity contribution in [2.45, 2.75) is 50.6 Å². The molecule has 33 heavy (non-hydrogen) atoms. The highest BCUT2D eigenvalue weighted by atomic mass is 19.4. The van der Waals surface area contributed by atoms with Gasteiger partial charge in [0.05, 0.1) is 17.5 Å². The third-order valence-corrected chi connectivity index (χ3v) is 5.32. The molecule has 2 saturated heterocycles. The third-order valence-electron chi connectivity index (χ3n) is 5.32. The molecule has 2 atom stereocenters. The number of halogens is 3. The maximum absolute atomic E-state index is 12.3. The lowest BCUT2D eigenvalue weighted by atomic mass is 9.89. The van der Waals surface area contributed by atoms with Crippen LogP contribution in [0.15, 0.2) is 29.2 Å². The lowest BCUT2D eigenvalue weighted by molar-refractivity contribution is -0.192.